The molecule has 31 heavy (non-hydrogen) atoms. The van der Waals surface area contributed by atoms with Gasteiger partial charge in [-0.3, -0.25) is 14.2 Å². The second-order valence-corrected chi connectivity index (χ2v) is 8.31. The van der Waals surface area contributed by atoms with Crippen LogP contribution >= 0.6 is 11.3 Å². The highest BCUT2D eigenvalue weighted by Crippen LogP contribution is 2.33. The molecular formula is C24H21FN2O3S. The molecule has 2 aromatic heterocycles. The van der Waals surface area contributed by atoms with Gasteiger partial charge in [-0.2, -0.15) is 0 Å². The van der Waals surface area contributed by atoms with Gasteiger partial charge in [0.15, 0.2) is 5.78 Å². The van der Waals surface area contributed by atoms with Crippen molar-refractivity contribution >= 4 is 27.3 Å². The summed E-state index contributed by atoms with van der Waals surface area (Å²) in [6.07, 6.45) is 0. The van der Waals surface area contributed by atoms with Gasteiger partial charge in [0.1, 0.15) is 22.2 Å². The fraction of sp³-hybridized carbons (Fsp3) is 0.208. The molecule has 0 unspecified atom stereocenters. The van der Waals surface area contributed by atoms with Crippen molar-refractivity contribution in [1.29, 1.82) is 0 Å². The molecule has 4 rings (SSSR count). The number of hydrogen-bond donors (Lipinski definition) is 0. The van der Waals surface area contributed by atoms with Gasteiger partial charge < -0.3 is 4.74 Å². The van der Waals surface area contributed by atoms with E-state index in [1.165, 1.54) is 34.1 Å². The summed E-state index contributed by atoms with van der Waals surface area (Å²) < 4.78 is 20.3. The maximum atomic E-state index is 13.6. The van der Waals surface area contributed by atoms with E-state index in [4.69, 9.17) is 4.74 Å². The Hall–Kier alpha value is -3.32. The van der Waals surface area contributed by atoms with Gasteiger partial charge >= 0.3 is 0 Å². The molecule has 0 saturated carbocycles. The van der Waals surface area contributed by atoms with Crippen LogP contribution in [-0.2, 0) is 6.54 Å². The van der Waals surface area contributed by atoms with Crippen molar-refractivity contribution in [3.05, 3.63) is 80.5 Å². The molecule has 0 radical (unpaired) electrons. The zero-order chi connectivity index (χ0) is 22.3. The molecule has 158 valence electrons. The molecule has 2 aromatic carbocycles. The van der Waals surface area contributed by atoms with E-state index in [1.807, 2.05) is 30.5 Å². The van der Waals surface area contributed by atoms with E-state index < -0.39 is 0 Å². The van der Waals surface area contributed by atoms with Gasteiger partial charge in [0.2, 0.25) is 0 Å². The molecule has 0 bridgehead atoms. The van der Waals surface area contributed by atoms with Gasteiger partial charge in [-0.05, 0) is 67.8 Å². The molecular weight excluding hydrogens is 415 g/mol. The summed E-state index contributed by atoms with van der Waals surface area (Å²) in [5.41, 5.74) is 3.11. The predicted octanol–water partition coefficient (Wildman–Crippen LogP) is 5.08. The minimum absolute atomic E-state index is 0.157. The number of ether oxygens (including phenoxy) is 1. The molecule has 0 atom stereocenters. The Morgan fingerprint density at radius 1 is 1.13 bits per heavy atom. The molecule has 2 heterocycles. The number of ketones is 1. The first-order valence-electron chi connectivity index (χ1n) is 9.73. The Kier molecular flexibility index (Phi) is 5.45. The highest BCUT2D eigenvalue weighted by Gasteiger charge is 2.18. The number of carbonyl (C=O) groups excluding carboxylic acids is 1. The molecule has 0 saturated heterocycles. The number of rotatable bonds is 5. The molecule has 0 aliphatic rings. The first kappa shape index (κ1) is 20.9. The van der Waals surface area contributed by atoms with Crippen molar-refractivity contribution in [3.63, 3.8) is 0 Å². The lowest BCUT2D eigenvalue weighted by Crippen LogP contribution is -2.27. The lowest BCUT2D eigenvalue weighted by molar-refractivity contribution is 0.0969. The van der Waals surface area contributed by atoms with Crippen molar-refractivity contribution < 1.29 is 13.9 Å². The molecule has 0 aliphatic heterocycles. The quantitative estimate of drug-likeness (QED) is 0.409. The van der Waals surface area contributed by atoms with E-state index in [2.05, 4.69) is 4.98 Å². The molecule has 0 fully saturated rings. The Morgan fingerprint density at radius 2 is 1.90 bits per heavy atom. The molecule has 0 N–H and O–H groups in total. The number of Topliss-reactive ketones (excluding diaryl/α,β-unsaturated/α-hetero) is 1. The van der Waals surface area contributed by atoms with Gasteiger partial charge in [0.05, 0.1) is 19.0 Å². The average molecular weight is 437 g/mol. The Balaban J connectivity index is 1.79. The van der Waals surface area contributed by atoms with E-state index in [-0.39, 0.29) is 23.7 Å². The fourth-order valence-corrected chi connectivity index (χ4v) is 4.61. The summed E-state index contributed by atoms with van der Waals surface area (Å²) in [4.78, 5) is 31.4. The summed E-state index contributed by atoms with van der Waals surface area (Å²) >= 11 is 1.40. The molecule has 0 amide bonds. The monoisotopic (exact) mass is 436 g/mol. The highest BCUT2D eigenvalue weighted by atomic mass is 32.1. The van der Waals surface area contributed by atoms with Crippen LogP contribution in [0.5, 0.6) is 5.75 Å². The number of aromatic nitrogens is 2. The maximum Gasteiger partial charge on any atom is 0.263 e. The zero-order valence-electron chi connectivity index (χ0n) is 17.7. The van der Waals surface area contributed by atoms with Crippen molar-refractivity contribution in [2.45, 2.75) is 27.3 Å². The van der Waals surface area contributed by atoms with E-state index in [9.17, 15) is 14.0 Å². The van der Waals surface area contributed by atoms with Crippen LogP contribution in [0.4, 0.5) is 4.39 Å². The molecule has 4 aromatic rings. The third kappa shape index (κ3) is 3.77. The van der Waals surface area contributed by atoms with Crippen LogP contribution < -0.4 is 10.3 Å². The van der Waals surface area contributed by atoms with Gasteiger partial charge in [-0.1, -0.05) is 6.07 Å². The number of nitrogens with zero attached hydrogens (tertiary/aromatic N) is 2. The standard InChI is InChI=1S/C24H21FN2O3S/c1-13-9-17(5-7-19(13)25)20(28)11-27-15(3)26-23-22(24(27)29)18(12-31-23)16-6-8-21(30-4)14(2)10-16/h5-10,12H,11H2,1-4H3. The SMILES string of the molecule is COc1ccc(-c2csc3nc(C)n(CC(=O)c4ccc(F)c(C)c4)c(=O)c23)cc1C. The third-order valence-electron chi connectivity index (χ3n) is 5.37. The van der Waals surface area contributed by atoms with Crippen LogP contribution in [0.3, 0.4) is 0 Å². The number of halogens is 1. The van der Waals surface area contributed by atoms with Crippen LogP contribution in [0.1, 0.15) is 27.3 Å². The topological polar surface area (TPSA) is 61.2 Å². The zero-order valence-corrected chi connectivity index (χ0v) is 18.5. The van der Waals surface area contributed by atoms with Crippen LogP contribution in [0.2, 0.25) is 0 Å². The first-order chi connectivity index (χ1) is 14.8. The second kappa shape index (κ2) is 8.07. The molecule has 5 nitrogen and oxygen atoms in total. The summed E-state index contributed by atoms with van der Waals surface area (Å²) in [7, 11) is 1.62. The summed E-state index contributed by atoms with van der Waals surface area (Å²) in [6, 6.07) is 9.95. The largest absolute Gasteiger partial charge is 0.496 e. The number of benzene rings is 2. The average Bonchev–Trinajstić information content (AvgIpc) is 3.16. The van der Waals surface area contributed by atoms with Crippen LogP contribution in [-0.4, -0.2) is 22.4 Å². The highest BCUT2D eigenvalue weighted by molar-refractivity contribution is 7.17. The van der Waals surface area contributed by atoms with E-state index in [0.717, 1.165) is 22.4 Å². The maximum absolute atomic E-state index is 13.6. The molecule has 0 aliphatic carbocycles. The number of methoxy groups -OCH3 is 1. The van der Waals surface area contributed by atoms with Crippen LogP contribution in [0.15, 0.2) is 46.6 Å². The minimum Gasteiger partial charge on any atom is -0.496 e. The smallest absolute Gasteiger partial charge is 0.263 e. The second-order valence-electron chi connectivity index (χ2n) is 7.45. The van der Waals surface area contributed by atoms with Gasteiger partial charge in [0, 0.05) is 16.5 Å². The van der Waals surface area contributed by atoms with Crippen LogP contribution in [0.25, 0.3) is 21.3 Å². The Bertz CT molecular complexity index is 1390. The van der Waals surface area contributed by atoms with E-state index in [1.54, 1.807) is 21.0 Å². The summed E-state index contributed by atoms with van der Waals surface area (Å²) in [6.45, 7) is 5.10. The van der Waals surface area contributed by atoms with Crippen LogP contribution in [0, 0.1) is 26.6 Å². The lowest BCUT2D eigenvalue weighted by atomic mass is 10.0. The molecule has 0 spiro atoms. The van der Waals surface area contributed by atoms with Crippen molar-refractivity contribution in [2.75, 3.05) is 7.11 Å². The lowest BCUT2D eigenvalue weighted by Gasteiger charge is -2.11. The Labute approximate surface area is 182 Å². The van der Waals surface area contributed by atoms with Gasteiger partial charge in [-0.15, -0.1) is 11.3 Å². The number of hydrogen-bond acceptors (Lipinski definition) is 5. The normalized spacial score (nSPS) is 11.1. The van der Waals surface area contributed by atoms with Crippen molar-refractivity contribution in [1.82, 2.24) is 9.55 Å². The van der Waals surface area contributed by atoms with E-state index in [0.29, 0.717) is 27.2 Å². The summed E-state index contributed by atoms with van der Waals surface area (Å²) in [5.74, 6) is 0.594. The first-order valence-corrected chi connectivity index (χ1v) is 10.6. The number of fused-ring (bicyclic) bond motifs is 1. The third-order valence-corrected chi connectivity index (χ3v) is 6.24. The fourth-order valence-electron chi connectivity index (χ4n) is 3.62. The minimum atomic E-state index is -0.370. The predicted molar refractivity (Wildman–Crippen MR) is 121 cm³/mol. The van der Waals surface area contributed by atoms with Crippen molar-refractivity contribution in [3.8, 4) is 16.9 Å². The number of aryl methyl sites for hydroxylation is 3. The number of thiophene rings is 1. The number of carbonyl (C=O) groups is 1. The van der Waals surface area contributed by atoms with E-state index >= 15 is 0 Å². The summed E-state index contributed by atoms with van der Waals surface area (Å²) in [5, 5.41) is 2.40. The van der Waals surface area contributed by atoms with Crippen molar-refractivity contribution in [2.24, 2.45) is 0 Å². The Morgan fingerprint density at radius 3 is 2.58 bits per heavy atom. The van der Waals surface area contributed by atoms with Gasteiger partial charge in [-0.25, -0.2) is 9.37 Å². The van der Waals surface area contributed by atoms with Gasteiger partial charge in [0.25, 0.3) is 5.56 Å². The molecule has 7 heteroatoms.